The van der Waals surface area contributed by atoms with Crippen molar-refractivity contribution in [3.05, 3.63) is 12.7 Å². The van der Waals surface area contributed by atoms with Crippen LogP contribution in [0.1, 0.15) is 27.7 Å². The Morgan fingerprint density at radius 2 is 1.79 bits per heavy atom. The predicted molar refractivity (Wildman–Crippen MR) is 63.9 cm³/mol. The monoisotopic (exact) mass is 216 g/mol. The van der Waals surface area contributed by atoms with Gasteiger partial charge in [0.25, 0.3) is 0 Å². The zero-order valence-corrected chi connectivity index (χ0v) is 11.3. The van der Waals surface area contributed by atoms with Crippen molar-refractivity contribution in [2.45, 2.75) is 58.0 Å². The molecule has 0 fully saturated rings. The Morgan fingerprint density at radius 3 is 2.00 bits per heavy atom. The second-order valence-electron chi connectivity index (χ2n) is 5.32. The summed E-state index contributed by atoms with van der Waals surface area (Å²) in [5.41, 5.74) is 0. The molecule has 14 heavy (non-hydrogen) atoms. The number of aliphatic hydroxyl groups excluding tert-OH is 1. The third-order valence-corrected chi connectivity index (χ3v) is 7.42. The molecule has 0 aliphatic carbocycles. The molecule has 0 saturated heterocycles. The highest BCUT2D eigenvalue weighted by molar-refractivity contribution is 6.74. The Labute approximate surface area is 89.1 Å². The summed E-state index contributed by atoms with van der Waals surface area (Å²) in [6, 6.07) is 0. The van der Waals surface area contributed by atoms with Crippen molar-refractivity contribution in [3.8, 4) is 0 Å². The van der Waals surface area contributed by atoms with Gasteiger partial charge in [-0.3, -0.25) is 0 Å². The van der Waals surface area contributed by atoms with Gasteiger partial charge in [0.15, 0.2) is 8.32 Å². The molecule has 0 aliphatic heterocycles. The Morgan fingerprint density at radius 1 is 1.36 bits per heavy atom. The zero-order valence-electron chi connectivity index (χ0n) is 10.3. The lowest BCUT2D eigenvalue weighted by atomic mass is 10.2. The highest BCUT2D eigenvalue weighted by atomic mass is 28.4. The number of hydrogen-bond acceptors (Lipinski definition) is 2. The lowest BCUT2D eigenvalue weighted by Gasteiger charge is -2.39. The Bertz CT molecular complexity index is 192. The molecule has 2 nitrogen and oxygen atoms in total. The summed E-state index contributed by atoms with van der Waals surface area (Å²) < 4.78 is 5.98. The van der Waals surface area contributed by atoms with E-state index in [0.29, 0.717) is 0 Å². The van der Waals surface area contributed by atoms with Crippen LogP contribution in [0, 0.1) is 0 Å². The van der Waals surface area contributed by atoms with Gasteiger partial charge in [-0.05, 0) is 25.1 Å². The van der Waals surface area contributed by atoms with Crippen LogP contribution in [0.3, 0.4) is 0 Å². The number of rotatable bonds is 4. The molecule has 0 aromatic carbocycles. The molecule has 0 aliphatic rings. The van der Waals surface area contributed by atoms with E-state index in [2.05, 4.69) is 40.4 Å². The van der Waals surface area contributed by atoms with Crippen molar-refractivity contribution in [1.82, 2.24) is 0 Å². The molecule has 0 aromatic heterocycles. The first-order valence-corrected chi connectivity index (χ1v) is 8.01. The molecule has 1 N–H and O–H groups in total. The van der Waals surface area contributed by atoms with Crippen molar-refractivity contribution in [1.29, 1.82) is 0 Å². The van der Waals surface area contributed by atoms with Crippen LogP contribution in [-0.2, 0) is 4.43 Å². The van der Waals surface area contributed by atoms with E-state index in [4.69, 9.17) is 4.43 Å². The van der Waals surface area contributed by atoms with Crippen LogP contribution in [0.2, 0.25) is 18.1 Å². The molecule has 0 radical (unpaired) electrons. The van der Waals surface area contributed by atoms with Gasteiger partial charge in [-0.1, -0.05) is 26.8 Å². The third-order valence-electron chi connectivity index (χ3n) is 2.94. The minimum absolute atomic E-state index is 0.170. The van der Waals surface area contributed by atoms with Gasteiger partial charge < -0.3 is 9.53 Å². The van der Waals surface area contributed by atoms with Crippen molar-refractivity contribution in [2.75, 3.05) is 0 Å². The van der Waals surface area contributed by atoms with E-state index in [1.807, 2.05) is 0 Å². The molecular weight excluding hydrogens is 192 g/mol. The fraction of sp³-hybridized carbons (Fsp3) is 0.818. The average Bonchev–Trinajstić information content (AvgIpc) is 1.97. The largest absolute Gasteiger partial charge is 0.408 e. The molecule has 0 heterocycles. The molecule has 3 heteroatoms. The van der Waals surface area contributed by atoms with Gasteiger partial charge in [0, 0.05) is 0 Å². The maximum Gasteiger partial charge on any atom is 0.193 e. The summed E-state index contributed by atoms with van der Waals surface area (Å²) in [7, 11) is -1.78. The molecule has 0 amide bonds. The van der Waals surface area contributed by atoms with Crippen LogP contribution >= 0.6 is 0 Å². The van der Waals surface area contributed by atoms with Crippen molar-refractivity contribution < 1.29 is 9.53 Å². The summed E-state index contributed by atoms with van der Waals surface area (Å²) in [5, 5.41) is 9.64. The van der Waals surface area contributed by atoms with E-state index in [0.717, 1.165) is 0 Å². The maximum atomic E-state index is 9.47. The van der Waals surface area contributed by atoms with Gasteiger partial charge in [0.05, 0.1) is 12.2 Å². The molecule has 0 bridgehead atoms. The van der Waals surface area contributed by atoms with Gasteiger partial charge in [-0.2, -0.15) is 0 Å². The zero-order chi connectivity index (χ0) is 11.6. The summed E-state index contributed by atoms with van der Waals surface area (Å²) in [4.78, 5) is 0. The van der Waals surface area contributed by atoms with Crippen LogP contribution in [0.15, 0.2) is 12.7 Å². The van der Waals surface area contributed by atoms with Gasteiger partial charge in [0.1, 0.15) is 0 Å². The predicted octanol–water partition coefficient (Wildman–Crippen LogP) is 2.94. The van der Waals surface area contributed by atoms with Crippen LogP contribution in [0.5, 0.6) is 0 Å². The lowest BCUT2D eigenvalue weighted by Crippen LogP contribution is -2.45. The Kier molecular flexibility index (Phi) is 4.56. The fourth-order valence-electron chi connectivity index (χ4n) is 0.861. The maximum absolute atomic E-state index is 9.47. The topological polar surface area (TPSA) is 29.5 Å². The second kappa shape index (κ2) is 4.60. The van der Waals surface area contributed by atoms with E-state index >= 15 is 0 Å². The third kappa shape index (κ3) is 3.56. The molecule has 84 valence electrons. The molecular formula is C11H24O2Si. The van der Waals surface area contributed by atoms with Crippen LogP contribution in [0.25, 0.3) is 0 Å². The fourth-order valence-corrected chi connectivity index (χ4v) is 2.19. The first-order valence-electron chi connectivity index (χ1n) is 5.10. The van der Waals surface area contributed by atoms with Crippen LogP contribution in [0.4, 0.5) is 0 Å². The Hall–Kier alpha value is -0.123. The standard InChI is InChI=1S/C11H24O2Si/c1-8-10(9(2)12)13-14(6,7)11(3,4)5/h8-10,12H,1H2,2-7H3/t9-,10+/m0/s1. The lowest BCUT2D eigenvalue weighted by molar-refractivity contribution is 0.0688. The Balaban J connectivity index is 4.56. The van der Waals surface area contributed by atoms with Gasteiger partial charge in [0.2, 0.25) is 0 Å². The second-order valence-corrected chi connectivity index (χ2v) is 10.1. The van der Waals surface area contributed by atoms with Crippen molar-refractivity contribution in [3.63, 3.8) is 0 Å². The van der Waals surface area contributed by atoms with E-state index in [9.17, 15) is 5.11 Å². The van der Waals surface area contributed by atoms with Gasteiger partial charge in [-0.15, -0.1) is 6.58 Å². The van der Waals surface area contributed by atoms with Crippen LogP contribution in [-0.4, -0.2) is 25.6 Å². The van der Waals surface area contributed by atoms with Gasteiger partial charge in [-0.25, -0.2) is 0 Å². The molecule has 2 atom stereocenters. The molecule has 0 aromatic rings. The van der Waals surface area contributed by atoms with Crippen LogP contribution < -0.4 is 0 Å². The molecule has 0 saturated carbocycles. The molecule has 0 unspecified atom stereocenters. The smallest absolute Gasteiger partial charge is 0.193 e. The first-order chi connectivity index (χ1) is 6.12. The minimum Gasteiger partial charge on any atom is -0.408 e. The number of hydrogen-bond donors (Lipinski definition) is 1. The molecule has 0 spiro atoms. The summed E-state index contributed by atoms with van der Waals surface area (Å²) in [6.45, 7) is 16.3. The van der Waals surface area contributed by atoms with E-state index in [1.165, 1.54) is 0 Å². The summed E-state index contributed by atoms with van der Waals surface area (Å²) in [6.07, 6.45) is 0.961. The molecule has 0 rings (SSSR count). The quantitative estimate of drug-likeness (QED) is 0.578. The first kappa shape index (κ1) is 13.9. The summed E-state index contributed by atoms with van der Waals surface area (Å²) >= 11 is 0. The highest BCUT2D eigenvalue weighted by Gasteiger charge is 2.39. The van der Waals surface area contributed by atoms with Crippen molar-refractivity contribution >= 4 is 8.32 Å². The van der Waals surface area contributed by atoms with E-state index < -0.39 is 14.4 Å². The summed E-state index contributed by atoms with van der Waals surface area (Å²) in [5.74, 6) is 0. The normalized spacial score (nSPS) is 17.6. The average molecular weight is 216 g/mol. The van der Waals surface area contributed by atoms with Crippen molar-refractivity contribution in [2.24, 2.45) is 0 Å². The number of aliphatic hydroxyl groups is 1. The minimum atomic E-state index is -1.78. The van der Waals surface area contributed by atoms with E-state index in [1.54, 1.807) is 13.0 Å². The SMILES string of the molecule is C=C[C@@H](O[Si](C)(C)C(C)(C)C)[C@H](C)O. The van der Waals surface area contributed by atoms with Gasteiger partial charge >= 0.3 is 0 Å². The van der Waals surface area contributed by atoms with E-state index in [-0.39, 0.29) is 11.1 Å². The highest BCUT2D eigenvalue weighted by Crippen LogP contribution is 2.37.